The molecule has 3 rings (SSSR count). The lowest BCUT2D eigenvalue weighted by molar-refractivity contribution is 0.443. The Kier molecular flexibility index (Phi) is 4.76. The predicted octanol–water partition coefficient (Wildman–Crippen LogP) is 1.85. The zero-order valence-electron chi connectivity index (χ0n) is 10.6. The van der Waals surface area contributed by atoms with Crippen molar-refractivity contribution in [2.75, 3.05) is 26.2 Å². The molecule has 2 heterocycles. The first-order valence-corrected chi connectivity index (χ1v) is 8.37. The van der Waals surface area contributed by atoms with Crippen molar-refractivity contribution in [2.45, 2.75) is 4.90 Å². The van der Waals surface area contributed by atoms with Gasteiger partial charge >= 0.3 is 0 Å². The van der Waals surface area contributed by atoms with Crippen molar-refractivity contribution in [1.29, 1.82) is 0 Å². The van der Waals surface area contributed by atoms with Crippen molar-refractivity contribution in [3.8, 4) is 0 Å². The van der Waals surface area contributed by atoms with E-state index in [-0.39, 0.29) is 17.3 Å². The van der Waals surface area contributed by atoms with E-state index < -0.39 is 15.8 Å². The van der Waals surface area contributed by atoms with E-state index in [1.54, 1.807) is 0 Å². The average molecular weight is 386 g/mol. The Morgan fingerprint density at radius 3 is 2.45 bits per heavy atom. The molecule has 0 radical (unpaired) electrons. The molecule has 112 valence electrons. The molecule has 2 aliphatic heterocycles. The third-order valence-corrected chi connectivity index (χ3v) is 6.21. The Balaban J connectivity index is 0.00000147. The zero-order chi connectivity index (χ0) is 13.6. The molecule has 0 aromatic heterocycles. The van der Waals surface area contributed by atoms with Gasteiger partial charge in [-0.2, -0.15) is 4.31 Å². The van der Waals surface area contributed by atoms with E-state index in [2.05, 4.69) is 21.2 Å². The number of hydrogen-bond donors (Lipinski definition) is 1. The van der Waals surface area contributed by atoms with E-state index in [1.807, 2.05) is 0 Å². The second-order valence-corrected chi connectivity index (χ2v) is 7.90. The Morgan fingerprint density at radius 1 is 1.25 bits per heavy atom. The highest BCUT2D eigenvalue weighted by Crippen LogP contribution is 2.32. The first-order valence-electron chi connectivity index (χ1n) is 6.14. The van der Waals surface area contributed by atoms with Crippen molar-refractivity contribution >= 4 is 38.4 Å². The van der Waals surface area contributed by atoms with Crippen molar-refractivity contribution in [2.24, 2.45) is 11.8 Å². The monoisotopic (exact) mass is 384 g/mol. The van der Waals surface area contributed by atoms with Gasteiger partial charge in [-0.25, -0.2) is 12.8 Å². The number of rotatable bonds is 2. The van der Waals surface area contributed by atoms with E-state index in [9.17, 15) is 12.8 Å². The van der Waals surface area contributed by atoms with E-state index in [4.69, 9.17) is 0 Å². The lowest BCUT2D eigenvalue weighted by Crippen LogP contribution is -2.32. The van der Waals surface area contributed by atoms with Crippen molar-refractivity contribution in [1.82, 2.24) is 9.62 Å². The molecule has 0 aliphatic carbocycles. The fourth-order valence-corrected chi connectivity index (χ4v) is 4.98. The van der Waals surface area contributed by atoms with Crippen LogP contribution in [0.2, 0.25) is 0 Å². The summed E-state index contributed by atoms with van der Waals surface area (Å²) < 4.78 is 40.7. The number of benzene rings is 1. The van der Waals surface area contributed by atoms with Crippen molar-refractivity contribution in [3.63, 3.8) is 0 Å². The maximum atomic E-state index is 13.8. The van der Waals surface area contributed by atoms with Gasteiger partial charge in [-0.1, -0.05) is 15.9 Å². The lowest BCUT2D eigenvalue weighted by atomic mass is 10.0. The second-order valence-electron chi connectivity index (χ2n) is 5.08. The van der Waals surface area contributed by atoms with Gasteiger partial charge < -0.3 is 5.32 Å². The third-order valence-electron chi connectivity index (χ3n) is 3.87. The van der Waals surface area contributed by atoms with Gasteiger partial charge in [0, 0.05) is 17.6 Å². The number of hydrogen-bond acceptors (Lipinski definition) is 3. The third kappa shape index (κ3) is 2.74. The van der Waals surface area contributed by atoms with Gasteiger partial charge in [0.15, 0.2) is 0 Å². The molecule has 8 heteroatoms. The molecule has 0 spiro atoms. The van der Waals surface area contributed by atoms with Crippen LogP contribution >= 0.6 is 28.3 Å². The normalized spacial score (nSPS) is 26.3. The van der Waals surface area contributed by atoms with Crippen molar-refractivity contribution < 1.29 is 12.8 Å². The molecule has 0 saturated carbocycles. The summed E-state index contributed by atoms with van der Waals surface area (Å²) in [4.78, 5) is -0.241. The summed E-state index contributed by atoms with van der Waals surface area (Å²) in [7, 11) is -3.73. The molecule has 2 fully saturated rings. The first-order chi connectivity index (χ1) is 8.98. The standard InChI is InChI=1S/C12H14BrFN2O2S.ClH/c13-10-1-2-11(14)12(3-10)19(17,18)16-6-8-4-15-5-9(8)7-16;/h1-3,8-9,15H,4-7H2;1H/t8-,9+;. The van der Waals surface area contributed by atoms with Gasteiger partial charge in [0.1, 0.15) is 10.7 Å². The summed E-state index contributed by atoms with van der Waals surface area (Å²) in [6.45, 7) is 2.65. The zero-order valence-corrected chi connectivity index (χ0v) is 13.8. The molecule has 2 aliphatic rings. The van der Waals surface area contributed by atoms with Gasteiger partial charge in [0.2, 0.25) is 10.0 Å². The van der Waals surface area contributed by atoms with Crippen LogP contribution < -0.4 is 5.32 Å². The Hall–Kier alpha value is -0.210. The van der Waals surface area contributed by atoms with Crippen molar-refractivity contribution in [3.05, 3.63) is 28.5 Å². The molecule has 0 amide bonds. The predicted molar refractivity (Wildman–Crippen MR) is 80.0 cm³/mol. The fourth-order valence-electron chi connectivity index (χ4n) is 2.82. The van der Waals surface area contributed by atoms with Gasteiger partial charge in [0.05, 0.1) is 0 Å². The number of sulfonamides is 1. The van der Waals surface area contributed by atoms with Crippen LogP contribution in [0.4, 0.5) is 4.39 Å². The fraction of sp³-hybridized carbons (Fsp3) is 0.500. The molecular formula is C12H15BrClFN2O2S. The molecule has 2 atom stereocenters. The quantitative estimate of drug-likeness (QED) is 0.845. The smallest absolute Gasteiger partial charge is 0.246 e. The molecule has 1 aromatic rings. The highest BCUT2D eigenvalue weighted by molar-refractivity contribution is 9.10. The van der Waals surface area contributed by atoms with Gasteiger partial charge in [0.25, 0.3) is 0 Å². The maximum absolute atomic E-state index is 13.8. The molecule has 20 heavy (non-hydrogen) atoms. The summed E-state index contributed by atoms with van der Waals surface area (Å²) >= 11 is 3.19. The Morgan fingerprint density at radius 2 is 1.85 bits per heavy atom. The molecule has 1 N–H and O–H groups in total. The molecule has 0 unspecified atom stereocenters. The van der Waals surface area contributed by atoms with Crippen LogP contribution in [0.1, 0.15) is 0 Å². The largest absolute Gasteiger partial charge is 0.316 e. The maximum Gasteiger partial charge on any atom is 0.246 e. The van der Waals surface area contributed by atoms with Gasteiger partial charge in [-0.15, -0.1) is 12.4 Å². The minimum absolute atomic E-state index is 0. The molecule has 1 aromatic carbocycles. The number of halogens is 3. The van der Waals surface area contributed by atoms with Crippen LogP contribution in [0.5, 0.6) is 0 Å². The molecular weight excluding hydrogens is 371 g/mol. The lowest BCUT2D eigenvalue weighted by Gasteiger charge is -2.18. The first kappa shape index (κ1) is 16.2. The molecule has 4 nitrogen and oxygen atoms in total. The minimum Gasteiger partial charge on any atom is -0.316 e. The Labute approximate surface area is 132 Å². The van der Waals surface area contributed by atoms with Crippen LogP contribution in [0.3, 0.4) is 0 Å². The van der Waals surface area contributed by atoms with Crippen LogP contribution in [0.15, 0.2) is 27.6 Å². The highest BCUT2D eigenvalue weighted by atomic mass is 79.9. The van der Waals surface area contributed by atoms with Crippen LogP contribution in [0, 0.1) is 17.7 Å². The van der Waals surface area contributed by atoms with Crippen LogP contribution in [0.25, 0.3) is 0 Å². The van der Waals surface area contributed by atoms with Crippen LogP contribution in [-0.2, 0) is 10.0 Å². The molecule has 0 bridgehead atoms. The summed E-state index contributed by atoms with van der Waals surface area (Å²) in [6, 6.07) is 4.00. The van der Waals surface area contributed by atoms with Gasteiger partial charge in [-0.05, 0) is 43.1 Å². The summed E-state index contributed by atoms with van der Waals surface area (Å²) in [5, 5.41) is 3.25. The Bertz CT molecular complexity index is 601. The van der Waals surface area contributed by atoms with E-state index in [1.165, 1.54) is 22.5 Å². The van der Waals surface area contributed by atoms with E-state index in [0.717, 1.165) is 13.1 Å². The number of nitrogens with zero attached hydrogens (tertiary/aromatic N) is 1. The van der Waals surface area contributed by atoms with E-state index in [0.29, 0.717) is 29.4 Å². The average Bonchev–Trinajstić information content (AvgIpc) is 2.92. The highest BCUT2D eigenvalue weighted by Gasteiger charge is 2.42. The second kappa shape index (κ2) is 5.88. The van der Waals surface area contributed by atoms with Gasteiger partial charge in [-0.3, -0.25) is 0 Å². The minimum atomic E-state index is -3.73. The SMILES string of the molecule is Cl.O=S(=O)(c1cc(Br)ccc1F)N1C[C@H]2CNC[C@H]2C1. The number of nitrogens with one attached hydrogen (secondary N) is 1. The summed E-state index contributed by atoms with van der Waals surface area (Å²) in [5.41, 5.74) is 0. The van der Waals surface area contributed by atoms with E-state index >= 15 is 0 Å². The number of fused-ring (bicyclic) bond motifs is 1. The topological polar surface area (TPSA) is 49.4 Å². The molecule has 2 saturated heterocycles. The summed E-state index contributed by atoms with van der Waals surface area (Å²) in [6.07, 6.45) is 0. The summed E-state index contributed by atoms with van der Waals surface area (Å²) in [5.74, 6) is 0.00774. The van der Waals surface area contributed by atoms with Crippen LogP contribution in [-0.4, -0.2) is 38.9 Å².